The van der Waals surface area contributed by atoms with E-state index in [4.69, 9.17) is 9.72 Å². The Labute approximate surface area is 434 Å². The number of benzene rings is 2. The normalized spacial score (nSPS) is 18.9. The van der Waals surface area contributed by atoms with Gasteiger partial charge in [0.25, 0.3) is 23.6 Å². The fraction of sp³-hybridized carbons (Fsp3) is 0.482. The molecule has 0 bridgehead atoms. The minimum atomic E-state index is -1.19. The molecule has 2 aromatic heterocycles. The van der Waals surface area contributed by atoms with E-state index in [0.29, 0.717) is 86.7 Å². The number of alkyl carbamates (subject to hydrolysis) is 1. The smallest absolute Gasteiger partial charge is 0.407 e. The Balaban J connectivity index is 1.14. The van der Waals surface area contributed by atoms with Crippen molar-refractivity contribution in [1.82, 2.24) is 40.2 Å². The van der Waals surface area contributed by atoms with E-state index in [0.717, 1.165) is 11.1 Å². The van der Waals surface area contributed by atoms with Crippen molar-refractivity contribution in [3.8, 4) is 12.4 Å². The van der Waals surface area contributed by atoms with Gasteiger partial charge in [0.2, 0.25) is 0 Å². The zero-order chi connectivity index (χ0) is 53.1. The Morgan fingerprint density at radius 1 is 0.703 bits per heavy atom. The number of carbonyl (C=O) groups excluding carboxylic acids is 5. The van der Waals surface area contributed by atoms with Crippen LogP contribution in [0.2, 0.25) is 0 Å². The summed E-state index contributed by atoms with van der Waals surface area (Å²) >= 11 is 0. The van der Waals surface area contributed by atoms with E-state index < -0.39 is 41.3 Å². The van der Waals surface area contributed by atoms with Gasteiger partial charge in [0.05, 0.1) is 18.4 Å². The molecule has 0 aliphatic carbocycles. The summed E-state index contributed by atoms with van der Waals surface area (Å²) in [5.41, 5.74) is 2.85. The maximum Gasteiger partial charge on any atom is 0.407 e. The molecular formula is C56H68N12O6. The van der Waals surface area contributed by atoms with Crippen LogP contribution < -0.4 is 20.4 Å². The minimum Gasteiger partial charge on any atom is -0.444 e. The van der Waals surface area contributed by atoms with Gasteiger partial charge < -0.3 is 19.9 Å². The molecule has 4 fully saturated rings. The molecule has 4 atom stereocenters. The lowest BCUT2D eigenvalue weighted by atomic mass is 9.80. The fourth-order valence-corrected chi connectivity index (χ4v) is 10.3. The number of hydrogen-bond acceptors (Lipinski definition) is 13. The Bertz CT molecular complexity index is 2770. The molecule has 2 N–H and O–H groups in total. The summed E-state index contributed by atoms with van der Waals surface area (Å²) in [6.45, 7) is 18.4. The van der Waals surface area contributed by atoms with Crippen LogP contribution in [0.25, 0.3) is 0 Å². The van der Waals surface area contributed by atoms with Gasteiger partial charge in [0.1, 0.15) is 29.8 Å². The number of nitrogens with zero attached hydrogens (tertiary/aromatic N) is 10. The summed E-state index contributed by atoms with van der Waals surface area (Å²) in [4.78, 5) is 90.9. The lowest BCUT2D eigenvalue weighted by Crippen LogP contribution is -2.63. The highest BCUT2D eigenvalue weighted by Crippen LogP contribution is 2.39. The Kier molecular flexibility index (Phi) is 15.3. The third-order valence-electron chi connectivity index (χ3n) is 14.5. The van der Waals surface area contributed by atoms with Crippen molar-refractivity contribution < 1.29 is 28.7 Å². The third kappa shape index (κ3) is 11.2. The predicted octanol–water partition coefficient (Wildman–Crippen LogP) is 6.26. The van der Waals surface area contributed by atoms with Crippen molar-refractivity contribution in [3.63, 3.8) is 0 Å². The molecule has 388 valence electrons. The van der Waals surface area contributed by atoms with Crippen LogP contribution in [0.3, 0.4) is 0 Å². The molecule has 2 aromatic carbocycles. The van der Waals surface area contributed by atoms with Crippen LogP contribution in [0, 0.1) is 22.9 Å². The van der Waals surface area contributed by atoms with Crippen LogP contribution in [0.4, 0.5) is 16.2 Å². The molecule has 5 amide bonds. The zero-order valence-electron chi connectivity index (χ0n) is 43.7. The molecule has 0 spiro atoms. The van der Waals surface area contributed by atoms with Crippen molar-refractivity contribution in [3.05, 3.63) is 119 Å². The molecule has 18 nitrogen and oxygen atoms in total. The van der Waals surface area contributed by atoms with Gasteiger partial charge in [-0.2, -0.15) is 10.5 Å². The number of hydrogen-bond donors (Lipinski definition) is 2. The van der Waals surface area contributed by atoms with Crippen LogP contribution in [0.15, 0.2) is 91.4 Å². The highest BCUT2D eigenvalue weighted by Gasteiger charge is 2.46. The van der Waals surface area contributed by atoms with E-state index in [9.17, 15) is 24.9 Å². The maximum atomic E-state index is 15.1. The number of amides is 5. The second kappa shape index (κ2) is 21.5. The van der Waals surface area contributed by atoms with Crippen LogP contribution in [0.5, 0.6) is 0 Å². The third-order valence-corrected chi connectivity index (χ3v) is 14.5. The molecule has 8 rings (SSSR count). The molecule has 0 radical (unpaired) electrons. The van der Waals surface area contributed by atoms with Crippen LogP contribution >= 0.6 is 0 Å². The van der Waals surface area contributed by atoms with Crippen molar-refractivity contribution >= 4 is 41.1 Å². The van der Waals surface area contributed by atoms with Crippen molar-refractivity contribution in [2.24, 2.45) is 0 Å². The van der Waals surface area contributed by atoms with Crippen molar-refractivity contribution in [1.29, 1.82) is 10.5 Å². The van der Waals surface area contributed by atoms with Gasteiger partial charge in [-0.25, -0.2) is 4.79 Å². The monoisotopic (exact) mass is 1000 g/mol. The second-order valence-corrected chi connectivity index (χ2v) is 22.2. The highest BCUT2D eigenvalue weighted by molar-refractivity contribution is 6.05. The number of carbonyl (C=O) groups is 5. The lowest BCUT2D eigenvalue weighted by molar-refractivity contribution is -0.139. The zero-order valence-corrected chi connectivity index (χ0v) is 43.7. The van der Waals surface area contributed by atoms with E-state index in [-0.39, 0.29) is 48.2 Å². The molecule has 18 heteroatoms. The molecule has 6 heterocycles. The summed E-state index contributed by atoms with van der Waals surface area (Å²) in [5, 5.41) is 26.2. The molecule has 4 saturated heterocycles. The van der Waals surface area contributed by atoms with E-state index in [2.05, 4.69) is 48.8 Å². The first-order valence-corrected chi connectivity index (χ1v) is 25.5. The number of likely N-dealkylation sites (tertiary alicyclic amines) is 3. The van der Waals surface area contributed by atoms with Crippen LogP contribution in [-0.4, -0.2) is 129 Å². The number of pyridine rings is 2. The molecule has 4 aliphatic rings. The van der Waals surface area contributed by atoms with Gasteiger partial charge in [-0.3, -0.25) is 54.1 Å². The van der Waals surface area contributed by atoms with Crippen molar-refractivity contribution in [2.75, 3.05) is 55.7 Å². The van der Waals surface area contributed by atoms with Crippen molar-refractivity contribution in [2.45, 2.75) is 128 Å². The standard InChI is InChI=1S/C56H68N12O6/c1-54(2,3)39-16-20-42(21-17-39)68(50(70)45-14-11-28-64(45)35-58)48(52(72)66-32-41(33-66)62-53(73)74-55(4,5)6)38-15-24-46(61-31-38)56(7,8)40-18-22-43(23-19-40)67(49(69)44-13-10-27-63(44)34-57)47(37-12-9-25-59-30-37)51(71)65-29-26-60-36-65/h9,12,15-25,30-31,41,44-45,47-48,60H,10-11,13-14,26-29,32-33,36H2,1-8H3,(H,62,73)/t44?,45-,47?,48?/m1/s1. The van der Waals surface area contributed by atoms with E-state index in [1.165, 1.54) is 19.6 Å². The quantitative estimate of drug-likeness (QED) is 0.142. The number of nitriles is 2. The summed E-state index contributed by atoms with van der Waals surface area (Å²) < 4.78 is 5.48. The molecule has 3 unspecified atom stereocenters. The van der Waals surface area contributed by atoms with Gasteiger partial charge in [0, 0.05) is 85.8 Å². The number of anilines is 2. The number of nitrogens with one attached hydrogen (secondary N) is 2. The Morgan fingerprint density at radius 2 is 1.24 bits per heavy atom. The summed E-state index contributed by atoms with van der Waals surface area (Å²) in [6, 6.07) is 18.1. The first kappa shape index (κ1) is 52.7. The van der Waals surface area contributed by atoms with Gasteiger partial charge in [-0.15, -0.1) is 0 Å². The summed E-state index contributed by atoms with van der Waals surface area (Å²) in [5.74, 6) is -1.37. The SMILES string of the molecule is CC(C)(C)OC(=O)NC1CN(C(=O)C(c2ccc(C(C)(C)c3ccc(N(C(=O)C4CCCN4C#N)C(C(=O)N4CCNC4)c4cccnc4)cc3)nc2)N(C(=O)[C@H]2CCCN2C#N)c2ccc(C(C)(C)C)cc2)C1. The maximum absolute atomic E-state index is 15.1. The average Bonchev–Trinajstić information content (AvgIpc) is 4.18. The molecule has 0 saturated carbocycles. The van der Waals surface area contributed by atoms with Gasteiger partial charge >= 0.3 is 6.09 Å². The van der Waals surface area contributed by atoms with E-state index >= 15 is 9.59 Å². The molecular weight excluding hydrogens is 937 g/mol. The van der Waals surface area contributed by atoms with E-state index in [1.807, 2.05) is 74.5 Å². The summed E-state index contributed by atoms with van der Waals surface area (Å²) in [6.07, 6.45) is 10.9. The lowest BCUT2D eigenvalue weighted by Gasteiger charge is -2.43. The molecule has 74 heavy (non-hydrogen) atoms. The second-order valence-electron chi connectivity index (χ2n) is 22.2. The number of aromatic nitrogens is 2. The fourth-order valence-electron chi connectivity index (χ4n) is 10.3. The topological polar surface area (TPSA) is 211 Å². The largest absolute Gasteiger partial charge is 0.444 e. The Morgan fingerprint density at radius 3 is 1.70 bits per heavy atom. The molecule has 4 aromatic rings. The van der Waals surface area contributed by atoms with E-state index in [1.54, 1.807) is 61.3 Å². The minimum absolute atomic E-state index is 0.189. The van der Waals surface area contributed by atoms with Crippen LogP contribution in [-0.2, 0) is 34.7 Å². The summed E-state index contributed by atoms with van der Waals surface area (Å²) in [7, 11) is 0. The number of ether oxygens (including phenoxy) is 1. The highest BCUT2D eigenvalue weighted by atomic mass is 16.6. The van der Waals surface area contributed by atoms with Gasteiger partial charge in [-0.1, -0.05) is 71.0 Å². The average molecular weight is 1010 g/mol. The first-order valence-electron chi connectivity index (χ1n) is 25.5. The first-order chi connectivity index (χ1) is 35.2. The number of rotatable bonds is 13. The van der Waals surface area contributed by atoms with Gasteiger partial charge in [0.15, 0.2) is 12.4 Å². The van der Waals surface area contributed by atoms with Crippen LogP contribution in [0.1, 0.15) is 121 Å². The Hall–Kier alpha value is -7.57. The molecule has 4 aliphatic heterocycles. The predicted molar refractivity (Wildman–Crippen MR) is 278 cm³/mol. The van der Waals surface area contributed by atoms with Gasteiger partial charge in [-0.05, 0) is 99.4 Å².